The Morgan fingerprint density at radius 2 is 2.27 bits per heavy atom. The quantitative estimate of drug-likeness (QED) is 0.735. The first-order valence-electron chi connectivity index (χ1n) is 5.09. The summed E-state index contributed by atoms with van der Waals surface area (Å²) in [6, 6.07) is 0. The van der Waals surface area contributed by atoms with Crippen LogP contribution in [0, 0.1) is 6.92 Å². The molecular weight excluding hydrogens is 212 g/mol. The van der Waals surface area contributed by atoms with Crippen molar-refractivity contribution in [2.24, 2.45) is 0 Å². The van der Waals surface area contributed by atoms with E-state index in [1.54, 1.807) is 6.92 Å². The summed E-state index contributed by atoms with van der Waals surface area (Å²) in [5.74, 6) is -0.897. The summed E-state index contributed by atoms with van der Waals surface area (Å²) in [4.78, 5) is 15.2. The van der Waals surface area contributed by atoms with Crippen molar-refractivity contribution in [3.63, 3.8) is 0 Å². The number of thiazole rings is 1. The molecule has 84 valence electrons. The lowest BCUT2D eigenvalue weighted by atomic mass is 10.2. The molecule has 1 rings (SSSR count). The topological polar surface area (TPSA) is 62.2 Å². The number of carboxylic acids is 1. The van der Waals surface area contributed by atoms with Crippen LogP contribution < -0.4 is 5.32 Å². The largest absolute Gasteiger partial charge is 0.477 e. The number of carbonyl (C=O) groups is 1. The number of aromatic carboxylic acids is 1. The number of rotatable bonds is 6. The van der Waals surface area contributed by atoms with E-state index in [-0.39, 0.29) is 0 Å². The highest BCUT2D eigenvalue weighted by Crippen LogP contribution is 2.22. The van der Waals surface area contributed by atoms with Crippen LogP contribution in [0.15, 0.2) is 0 Å². The summed E-state index contributed by atoms with van der Waals surface area (Å²) >= 11 is 1.20. The van der Waals surface area contributed by atoms with Gasteiger partial charge in [-0.25, -0.2) is 9.78 Å². The smallest absolute Gasteiger partial charge is 0.347 e. The summed E-state index contributed by atoms with van der Waals surface area (Å²) in [7, 11) is 0. The molecule has 0 bridgehead atoms. The van der Waals surface area contributed by atoms with Crippen LogP contribution in [0.5, 0.6) is 0 Å². The lowest BCUT2D eigenvalue weighted by molar-refractivity contribution is 0.0701. The molecule has 5 heteroatoms. The van der Waals surface area contributed by atoms with Crippen molar-refractivity contribution in [1.29, 1.82) is 0 Å². The Labute approximate surface area is 93.4 Å². The second kappa shape index (κ2) is 5.70. The predicted octanol–water partition coefficient (Wildman–Crippen LogP) is 2.75. The Hall–Kier alpha value is -1.10. The Morgan fingerprint density at radius 3 is 2.80 bits per heavy atom. The fraction of sp³-hybridized carbons (Fsp3) is 0.600. The minimum absolute atomic E-state index is 0.327. The molecular formula is C10H16N2O2S. The fourth-order valence-corrected chi connectivity index (χ4v) is 2.07. The highest BCUT2D eigenvalue weighted by Gasteiger charge is 2.13. The van der Waals surface area contributed by atoms with Gasteiger partial charge in [-0.15, -0.1) is 0 Å². The molecule has 1 aromatic heterocycles. The predicted molar refractivity (Wildman–Crippen MR) is 61.8 cm³/mol. The third kappa shape index (κ3) is 3.51. The van der Waals surface area contributed by atoms with E-state index in [9.17, 15) is 4.79 Å². The molecule has 0 aliphatic carbocycles. The molecule has 0 aromatic carbocycles. The zero-order chi connectivity index (χ0) is 11.3. The number of anilines is 1. The van der Waals surface area contributed by atoms with Gasteiger partial charge in [0.05, 0.1) is 5.69 Å². The average Bonchev–Trinajstić information content (AvgIpc) is 2.55. The lowest BCUT2D eigenvalue weighted by Crippen LogP contribution is -2.00. The van der Waals surface area contributed by atoms with Gasteiger partial charge in [-0.1, -0.05) is 31.1 Å². The lowest BCUT2D eigenvalue weighted by Gasteiger charge is -1.99. The number of nitrogens with zero attached hydrogens (tertiary/aromatic N) is 1. The van der Waals surface area contributed by atoms with E-state index in [2.05, 4.69) is 17.2 Å². The van der Waals surface area contributed by atoms with Gasteiger partial charge in [-0.05, 0) is 13.3 Å². The van der Waals surface area contributed by atoms with Crippen molar-refractivity contribution in [2.45, 2.75) is 33.1 Å². The molecule has 2 N–H and O–H groups in total. The van der Waals surface area contributed by atoms with Crippen LogP contribution in [-0.2, 0) is 0 Å². The van der Waals surface area contributed by atoms with Crippen molar-refractivity contribution < 1.29 is 9.90 Å². The Balaban J connectivity index is 2.48. The van der Waals surface area contributed by atoms with Gasteiger partial charge in [-0.3, -0.25) is 0 Å². The molecule has 0 atom stereocenters. The van der Waals surface area contributed by atoms with Crippen LogP contribution in [0.1, 0.15) is 41.6 Å². The van der Waals surface area contributed by atoms with Crippen LogP contribution in [-0.4, -0.2) is 22.6 Å². The number of hydrogen-bond donors (Lipinski definition) is 2. The first-order chi connectivity index (χ1) is 7.15. The highest BCUT2D eigenvalue weighted by molar-refractivity contribution is 7.17. The Morgan fingerprint density at radius 1 is 1.53 bits per heavy atom. The first kappa shape index (κ1) is 12.0. The van der Waals surface area contributed by atoms with Gasteiger partial charge in [-0.2, -0.15) is 0 Å². The molecule has 0 saturated carbocycles. The minimum Gasteiger partial charge on any atom is -0.477 e. The van der Waals surface area contributed by atoms with Crippen LogP contribution in [0.25, 0.3) is 0 Å². The Kier molecular flexibility index (Phi) is 4.55. The summed E-state index contributed by atoms with van der Waals surface area (Å²) in [6.07, 6.45) is 3.46. The van der Waals surface area contributed by atoms with Crippen LogP contribution in [0.3, 0.4) is 0 Å². The number of aromatic nitrogens is 1. The van der Waals surface area contributed by atoms with Gasteiger partial charge in [0.25, 0.3) is 0 Å². The van der Waals surface area contributed by atoms with Gasteiger partial charge in [0.15, 0.2) is 5.13 Å². The van der Waals surface area contributed by atoms with Crippen molar-refractivity contribution >= 4 is 22.4 Å². The third-order valence-electron chi connectivity index (χ3n) is 2.05. The van der Waals surface area contributed by atoms with Crippen LogP contribution >= 0.6 is 11.3 Å². The van der Waals surface area contributed by atoms with E-state index in [0.717, 1.165) is 13.0 Å². The SMILES string of the molecule is CCCCCNc1nc(C)c(C(=O)O)s1. The maximum absolute atomic E-state index is 10.8. The molecule has 0 spiro atoms. The summed E-state index contributed by atoms with van der Waals surface area (Å²) < 4.78 is 0. The fourth-order valence-electron chi connectivity index (χ4n) is 1.24. The number of nitrogens with one attached hydrogen (secondary N) is 1. The molecule has 15 heavy (non-hydrogen) atoms. The molecule has 4 nitrogen and oxygen atoms in total. The van der Waals surface area contributed by atoms with Crippen molar-refractivity contribution in [1.82, 2.24) is 4.98 Å². The summed E-state index contributed by atoms with van der Waals surface area (Å²) in [6.45, 7) is 4.73. The first-order valence-corrected chi connectivity index (χ1v) is 5.91. The van der Waals surface area contributed by atoms with E-state index in [1.165, 1.54) is 24.2 Å². The molecule has 1 heterocycles. The Bertz CT molecular complexity index is 336. The maximum atomic E-state index is 10.8. The zero-order valence-electron chi connectivity index (χ0n) is 9.04. The second-order valence-corrected chi connectivity index (χ2v) is 4.37. The van der Waals surface area contributed by atoms with Gasteiger partial charge >= 0.3 is 5.97 Å². The van der Waals surface area contributed by atoms with Crippen LogP contribution in [0.2, 0.25) is 0 Å². The number of hydrogen-bond acceptors (Lipinski definition) is 4. The van der Waals surface area contributed by atoms with Crippen LogP contribution in [0.4, 0.5) is 5.13 Å². The highest BCUT2D eigenvalue weighted by atomic mass is 32.1. The molecule has 0 amide bonds. The molecule has 0 aliphatic heterocycles. The number of carboxylic acid groups (broad SMARTS) is 1. The monoisotopic (exact) mass is 228 g/mol. The number of unbranched alkanes of at least 4 members (excludes halogenated alkanes) is 2. The molecule has 0 unspecified atom stereocenters. The van der Waals surface area contributed by atoms with Gasteiger partial charge < -0.3 is 10.4 Å². The maximum Gasteiger partial charge on any atom is 0.347 e. The van der Waals surface area contributed by atoms with Crippen molar-refractivity contribution in [3.05, 3.63) is 10.6 Å². The standard InChI is InChI=1S/C10H16N2O2S/c1-3-4-5-6-11-10-12-7(2)8(15-10)9(13)14/h3-6H2,1-2H3,(H,11,12)(H,13,14). The molecule has 1 aromatic rings. The molecule has 0 aliphatic rings. The van der Waals surface area contributed by atoms with E-state index in [0.29, 0.717) is 15.7 Å². The zero-order valence-corrected chi connectivity index (χ0v) is 9.86. The molecule has 0 saturated heterocycles. The van der Waals surface area contributed by atoms with E-state index < -0.39 is 5.97 Å². The van der Waals surface area contributed by atoms with Gasteiger partial charge in [0, 0.05) is 6.54 Å². The molecule has 0 fully saturated rings. The second-order valence-electron chi connectivity index (χ2n) is 3.37. The van der Waals surface area contributed by atoms with E-state index in [4.69, 9.17) is 5.11 Å². The van der Waals surface area contributed by atoms with Crippen molar-refractivity contribution in [2.75, 3.05) is 11.9 Å². The van der Waals surface area contributed by atoms with Gasteiger partial charge in [0.1, 0.15) is 4.88 Å². The summed E-state index contributed by atoms with van der Waals surface area (Å²) in [5, 5.41) is 12.7. The number of aryl methyl sites for hydroxylation is 1. The molecule has 0 radical (unpaired) electrons. The third-order valence-corrected chi connectivity index (χ3v) is 3.15. The average molecular weight is 228 g/mol. The summed E-state index contributed by atoms with van der Waals surface area (Å²) in [5.41, 5.74) is 0.588. The van der Waals surface area contributed by atoms with E-state index in [1.807, 2.05) is 0 Å². The van der Waals surface area contributed by atoms with Crippen molar-refractivity contribution in [3.8, 4) is 0 Å². The van der Waals surface area contributed by atoms with Gasteiger partial charge in [0.2, 0.25) is 0 Å². The van der Waals surface area contributed by atoms with E-state index >= 15 is 0 Å². The normalized spacial score (nSPS) is 10.3. The minimum atomic E-state index is -0.897.